The van der Waals surface area contributed by atoms with Crippen LogP contribution in [0.5, 0.6) is 0 Å². The molecule has 0 N–H and O–H groups in total. The van der Waals surface area contributed by atoms with Crippen LogP contribution < -0.4 is 0 Å². The summed E-state index contributed by atoms with van der Waals surface area (Å²) in [5.41, 5.74) is 0.869. The van der Waals surface area contributed by atoms with Crippen molar-refractivity contribution in [2.75, 3.05) is 0 Å². The Morgan fingerprint density at radius 2 is 1.79 bits per heavy atom. The summed E-state index contributed by atoms with van der Waals surface area (Å²) >= 11 is 3.36. The number of benzene rings is 1. The number of carbonyl (C=O) groups excluding carboxylic acids is 2. The number of halogens is 1. The van der Waals surface area contributed by atoms with Gasteiger partial charge < -0.3 is 9.47 Å². The SMILES string of the molecule is CCCCCCCC1OC(=O)C(Br)=C1N(Cc1ccccc1)C(=O)OC(C)(C)C. The van der Waals surface area contributed by atoms with Crippen molar-refractivity contribution in [2.45, 2.75) is 84.5 Å². The molecule has 0 spiro atoms. The number of hydrogen-bond acceptors (Lipinski definition) is 4. The van der Waals surface area contributed by atoms with Gasteiger partial charge in [0.2, 0.25) is 0 Å². The lowest BCUT2D eigenvalue weighted by Gasteiger charge is -2.30. The zero-order chi connectivity index (χ0) is 21.4. The Bertz CT molecular complexity index is 724. The van der Waals surface area contributed by atoms with Crippen LogP contribution in [-0.2, 0) is 20.8 Å². The van der Waals surface area contributed by atoms with Gasteiger partial charge in [0.05, 0.1) is 12.2 Å². The van der Waals surface area contributed by atoms with Crippen molar-refractivity contribution in [3.63, 3.8) is 0 Å². The Hall–Kier alpha value is -1.82. The van der Waals surface area contributed by atoms with E-state index in [1.807, 2.05) is 51.1 Å². The lowest BCUT2D eigenvalue weighted by molar-refractivity contribution is -0.139. The molecule has 1 unspecified atom stereocenters. The largest absolute Gasteiger partial charge is 0.452 e. The summed E-state index contributed by atoms with van der Waals surface area (Å²) in [4.78, 5) is 26.9. The van der Waals surface area contributed by atoms with Gasteiger partial charge in [-0.15, -0.1) is 0 Å². The molecule has 1 atom stereocenters. The van der Waals surface area contributed by atoms with E-state index in [2.05, 4.69) is 22.9 Å². The van der Waals surface area contributed by atoms with Crippen molar-refractivity contribution in [2.24, 2.45) is 0 Å². The summed E-state index contributed by atoms with van der Waals surface area (Å²) in [6, 6.07) is 9.67. The van der Waals surface area contributed by atoms with Crippen molar-refractivity contribution in [1.82, 2.24) is 4.90 Å². The molecule has 0 saturated heterocycles. The van der Waals surface area contributed by atoms with E-state index < -0.39 is 23.8 Å². The summed E-state index contributed by atoms with van der Waals surface area (Å²) < 4.78 is 11.5. The lowest BCUT2D eigenvalue weighted by atomic mass is 10.1. The van der Waals surface area contributed by atoms with Gasteiger partial charge in [-0.1, -0.05) is 62.9 Å². The molecule has 1 aromatic rings. The second-order valence-electron chi connectivity index (χ2n) is 8.35. The van der Waals surface area contributed by atoms with Crippen molar-refractivity contribution in [3.8, 4) is 0 Å². The molecule has 0 radical (unpaired) electrons. The molecule has 0 bridgehead atoms. The summed E-state index contributed by atoms with van der Waals surface area (Å²) in [6.45, 7) is 7.98. The van der Waals surface area contributed by atoms with E-state index in [1.54, 1.807) is 0 Å². The van der Waals surface area contributed by atoms with E-state index in [0.717, 1.165) is 24.8 Å². The molecule has 5 nitrogen and oxygen atoms in total. The number of unbranched alkanes of at least 4 members (excludes halogenated alkanes) is 4. The van der Waals surface area contributed by atoms with Crippen molar-refractivity contribution < 1.29 is 19.1 Å². The Kier molecular flexibility index (Phi) is 8.75. The molecule has 1 aliphatic rings. The molecule has 0 saturated carbocycles. The van der Waals surface area contributed by atoms with Crippen molar-refractivity contribution in [1.29, 1.82) is 0 Å². The zero-order valence-electron chi connectivity index (χ0n) is 17.9. The molecule has 0 fully saturated rings. The van der Waals surface area contributed by atoms with Crippen LogP contribution >= 0.6 is 15.9 Å². The summed E-state index contributed by atoms with van der Waals surface area (Å²) in [5, 5.41) is 0. The quantitative estimate of drug-likeness (QED) is 0.316. The third kappa shape index (κ3) is 7.18. The first kappa shape index (κ1) is 23.5. The van der Waals surface area contributed by atoms with Crippen LogP contribution in [0.15, 0.2) is 40.5 Å². The number of cyclic esters (lactones) is 1. The molecule has 1 amide bonds. The number of carbonyl (C=O) groups is 2. The second kappa shape index (κ2) is 10.8. The Labute approximate surface area is 182 Å². The van der Waals surface area contributed by atoms with Crippen LogP contribution in [0.2, 0.25) is 0 Å². The number of esters is 1. The minimum absolute atomic E-state index is 0.304. The molecule has 1 heterocycles. The lowest BCUT2D eigenvalue weighted by Crippen LogP contribution is -2.38. The van der Waals surface area contributed by atoms with E-state index in [0.29, 0.717) is 23.1 Å². The fraction of sp³-hybridized carbons (Fsp3) is 0.565. The van der Waals surface area contributed by atoms with Gasteiger partial charge in [0, 0.05) is 0 Å². The molecule has 160 valence electrons. The van der Waals surface area contributed by atoms with Gasteiger partial charge in [-0.3, -0.25) is 4.90 Å². The van der Waals surface area contributed by atoms with E-state index in [9.17, 15) is 9.59 Å². The molecule has 2 rings (SSSR count). The molecule has 0 aromatic heterocycles. The first-order valence-electron chi connectivity index (χ1n) is 10.4. The molecule has 29 heavy (non-hydrogen) atoms. The maximum Gasteiger partial charge on any atom is 0.415 e. The first-order chi connectivity index (χ1) is 13.7. The predicted molar refractivity (Wildman–Crippen MR) is 117 cm³/mol. The highest BCUT2D eigenvalue weighted by molar-refractivity contribution is 9.12. The van der Waals surface area contributed by atoms with Crippen LogP contribution in [0.3, 0.4) is 0 Å². The van der Waals surface area contributed by atoms with Crippen molar-refractivity contribution in [3.05, 3.63) is 46.1 Å². The van der Waals surface area contributed by atoms with E-state index in [4.69, 9.17) is 9.47 Å². The van der Waals surface area contributed by atoms with Gasteiger partial charge >= 0.3 is 12.1 Å². The fourth-order valence-electron chi connectivity index (χ4n) is 3.23. The molecular weight excluding hydrogens is 434 g/mol. The number of amides is 1. The molecular formula is C23H32BrNO4. The Morgan fingerprint density at radius 3 is 2.41 bits per heavy atom. The number of rotatable bonds is 9. The molecule has 1 aromatic carbocycles. The minimum atomic E-state index is -0.641. The minimum Gasteiger partial charge on any atom is -0.452 e. The van der Waals surface area contributed by atoms with Gasteiger partial charge in [0.15, 0.2) is 0 Å². The average Bonchev–Trinajstić information content (AvgIpc) is 2.93. The van der Waals surface area contributed by atoms with E-state index >= 15 is 0 Å². The predicted octanol–water partition coefficient (Wildman–Crippen LogP) is 6.32. The van der Waals surface area contributed by atoms with Crippen LogP contribution in [0.4, 0.5) is 4.79 Å². The first-order valence-corrected chi connectivity index (χ1v) is 11.2. The Balaban J connectivity index is 2.24. The number of hydrogen-bond donors (Lipinski definition) is 0. The normalized spacial score (nSPS) is 16.7. The number of nitrogens with zero attached hydrogens (tertiary/aromatic N) is 1. The summed E-state index contributed by atoms with van der Waals surface area (Å²) in [6.07, 6.45) is 5.32. The van der Waals surface area contributed by atoms with Gasteiger partial charge in [-0.05, 0) is 55.1 Å². The summed E-state index contributed by atoms with van der Waals surface area (Å²) in [7, 11) is 0. The van der Waals surface area contributed by atoms with Crippen LogP contribution in [-0.4, -0.2) is 28.7 Å². The van der Waals surface area contributed by atoms with Gasteiger partial charge in [-0.2, -0.15) is 0 Å². The average molecular weight is 466 g/mol. The highest BCUT2D eigenvalue weighted by Gasteiger charge is 2.39. The maximum absolute atomic E-state index is 13.0. The van der Waals surface area contributed by atoms with Gasteiger partial charge in [0.1, 0.15) is 16.2 Å². The third-order valence-electron chi connectivity index (χ3n) is 4.62. The number of ether oxygens (including phenoxy) is 2. The highest BCUT2D eigenvalue weighted by Crippen LogP contribution is 2.34. The van der Waals surface area contributed by atoms with Crippen LogP contribution in [0.1, 0.15) is 71.8 Å². The zero-order valence-corrected chi connectivity index (χ0v) is 19.5. The maximum atomic E-state index is 13.0. The smallest absolute Gasteiger partial charge is 0.415 e. The van der Waals surface area contributed by atoms with Gasteiger partial charge in [-0.25, -0.2) is 9.59 Å². The fourth-order valence-corrected chi connectivity index (χ4v) is 3.80. The topological polar surface area (TPSA) is 55.8 Å². The summed E-state index contributed by atoms with van der Waals surface area (Å²) in [5.74, 6) is -0.430. The molecule has 0 aliphatic carbocycles. The Morgan fingerprint density at radius 1 is 1.14 bits per heavy atom. The highest BCUT2D eigenvalue weighted by atomic mass is 79.9. The van der Waals surface area contributed by atoms with Crippen molar-refractivity contribution >= 4 is 28.0 Å². The van der Waals surface area contributed by atoms with Crippen LogP contribution in [0.25, 0.3) is 0 Å². The monoisotopic (exact) mass is 465 g/mol. The standard InChI is InChI=1S/C23H32BrNO4/c1-5-6-7-8-12-15-18-20(19(24)21(26)28-18)25(22(27)29-23(2,3)4)16-17-13-10-9-11-14-17/h9-11,13-14,18H,5-8,12,15-16H2,1-4H3. The van der Waals surface area contributed by atoms with E-state index in [1.165, 1.54) is 17.7 Å². The molecule has 1 aliphatic heterocycles. The second-order valence-corrected chi connectivity index (χ2v) is 9.14. The van der Waals surface area contributed by atoms with Crippen LogP contribution in [0, 0.1) is 0 Å². The molecule has 6 heteroatoms. The van der Waals surface area contributed by atoms with Gasteiger partial charge in [0.25, 0.3) is 0 Å². The van der Waals surface area contributed by atoms with E-state index in [-0.39, 0.29) is 0 Å². The third-order valence-corrected chi connectivity index (χ3v) is 5.35.